The van der Waals surface area contributed by atoms with E-state index in [2.05, 4.69) is 28.2 Å². The minimum absolute atomic E-state index is 0.478. The Morgan fingerprint density at radius 1 is 1.12 bits per heavy atom. The fourth-order valence-corrected chi connectivity index (χ4v) is 1.77. The number of nitrogens with zero attached hydrogens (tertiary/aromatic N) is 2. The number of hydrogen-bond donors (Lipinski definition) is 2. The van der Waals surface area contributed by atoms with Gasteiger partial charge in [-0.25, -0.2) is 4.98 Å². The maximum absolute atomic E-state index is 10.1. The summed E-state index contributed by atoms with van der Waals surface area (Å²) in [5, 5.41) is 16.6. The minimum Gasteiger partial charge on any atom is -0.380 e. The van der Waals surface area contributed by atoms with Gasteiger partial charge in [0.2, 0.25) is 0 Å². The molecule has 0 spiro atoms. The Kier molecular flexibility index (Phi) is 2.75. The van der Waals surface area contributed by atoms with Gasteiger partial charge in [-0.3, -0.25) is 5.10 Å². The lowest BCUT2D eigenvalue weighted by atomic mass is 9.97. The van der Waals surface area contributed by atoms with E-state index >= 15 is 0 Å². The molecule has 1 aromatic carbocycles. The van der Waals surface area contributed by atoms with Crippen LogP contribution in [0.15, 0.2) is 18.5 Å². The third kappa shape index (κ3) is 1.84. The Hall–Kier alpha value is -1.68. The molecule has 16 heavy (non-hydrogen) atoms. The number of aryl methyl sites for hydroxylation is 3. The normalized spacial score (nSPS) is 12.8. The summed E-state index contributed by atoms with van der Waals surface area (Å²) in [5.41, 5.74) is 4.33. The van der Waals surface area contributed by atoms with E-state index in [1.54, 1.807) is 0 Å². The standard InChI is InChI=1S/C12H15N3O/c1-7-4-9(3)10(5-8(7)2)11(16)12-13-6-14-15-12/h4-6,11,16H,1-3H3,(H,13,14,15). The second-order valence-electron chi connectivity index (χ2n) is 4.07. The summed E-state index contributed by atoms with van der Waals surface area (Å²) in [5.74, 6) is 0.478. The molecule has 4 heteroatoms. The molecule has 2 rings (SSSR count). The second-order valence-corrected chi connectivity index (χ2v) is 4.07. The van der Waals surface area contributed by atoms with Gasteiger partial charge in [0.1, 0.15) is 12.4 Å². The molecular weight excluding hydrogens is 202 g/mol. The molecule has 0 aliphatic heterocycles. The number of hydrogen-bond acceptors (Lipinski definition) is 3. The van der Waals surface area contributed by atoms with Gasteiger partial charge < -0.3 is 5.11 Å². The first-order chi connectivity index (χ1) is 7.59. The van der Waals surface area contributed by atoms with E-state index in [1.165, 1.54) is 17.5 Å². The van der Waals surface area contributed by atoms with Crippen molar-refractivity contribution in [3.8, 4) is 0 Å². The smallest absolute Gasteiger partial charge is 0.157 e. The van der Waals surface area contributed by atoms with Crippen LogP contribution in [-0.2, 0) is 0 Å². The van der Waals surface area contributed by atoms with Crippen LogP contribution >= 0.6 is 0 Å². The van der Waals surface area contributed by atoms with E-state index in [0.717, 1.165) is 11.1 Å². The fraction of sp³-hybridized carbons (Fsp3) is 0.333. The fourth-order valence-electron chi connectivity index (χ4n) is 1.77. The Morgan fingerprint density at radius 3 is 2.44 bits per heavy atom. The highest BCUT2D eigenvalue weighted by molar-refractivity contribution is 5.39. The Balaban J connectivity index is 2.44. The van der Waals surface area contributed by atoms with E-state index in [1.807, 2.05) is 19.9 Å². The number of nitrogens with one attached hydrogen (secondary N) is 1. The number of rotatable bonds is 2. The summed E-state index contributed by atoms with van der Waals surface area (Å²) in [6.45, 7) is 6.08. The lowest BCUT2D eigenvalue weighted by Gasteiger charge is -2.13. The van der Waals surface area contributed by atoms with Gasteiger partial charge >= 0.3 is 0 Å². The summed E-state index contributed by atoms with van der Waals surface area (Å²) in [6, 6.07) is 4.07. The van der Waals surface area contributed by atoms with Gasteiger partial charge in [0.15, 0.2) is 5.82 Å². The second kappa shape index (κ2) is 4.06. The molecule has 0 aliphatic carbocycles. The molecule has 1 unspecified atom stereocenters. The van der Waals surface area contributed by atoms with Gasteiger partial charge in [0, 0.05) is 0 Å². The number of benzene rings is 1. The Bertz CT molecular complexity index is 491. The van der Waals surface area contributed by atoms with Crippen molar-refractivity contribution in [3.63, 3.8) is 0 Å². The Morgan fingerprint density at radius 2 is 1.81 bits per heavy atom. The minimum atomic E-state index is -0.734. The van der Waals surface area contributed by atoms with Gasteiger partial charge in [0.25, 0.3) is 0 Å². The number of aliphatic hydroxyl groups is 1. The van der Waals surface area contributed by atoms with E-state index in [4.69, 9.17) is 0 Å². The van der Waals surface area contributed by atoms with E-state index in [-0.39, 0.29) is 0 Å². The molecule has 0 fully saturated rings. The molecular formula is C12H15N3O. The average Bonchev–Trinajstić information content (AvgIpc) is 2.75. The molecule has 1 aromatic heterocycles. The molecule has 0 radical (unpaired) electrons. The maximum Gasteiger partial charge on any atom is 0.157 e. The van der Waals surface area contributed by atoms with Crippen LogP contribution in [0.2, 0.25) is 0 Å². The summed E-state index contributed by atoms with van der Waals surface area (Å²) in [4.78, 5) is 3.97. The van der Waals surface area contributed by atoms with Crippen LogP contribution in [0.3, 0.4) is 0 Å². The van der Waals surface area contributed by atoms with Crippen LogP contribution in [0.25, 0.3) is 0 Å². The molecule has 2 aromatic rings. The first-order valence-electron chi connectivity index (χ1n) is 5.20. The molecule has 0 amide bonds. The maximum atomic E-state index is 10.1. The van der Waals surface area contributed by atoms with E-state index in [0.29, 0.717) is 5.82 Å². The van der Waals surface area contributed by atoms with Crippen LogP contribution in [-0.4, -0.2) is 20.3 Å². The van der Waals surface area contributed by atoms with Crippen LogP contribution in [0, 0.1) is 20.8 Å². The van der Waals surface area contributed by atoms with Crippen molar-refractivity contribution in [1.82, 2.24) is 15.2 Å². The predicted molar refractivity (Wildman–Crippen MR) is 61.1 cm³/mol. The molecule has 1 heterocycles. The van der Waals surface area contributed by atoms with E-state index < -0.39 is 6.10 Å². The molecule has 84 valence electrons. The zero-order chi connectivity index (χ0) is 11.7. The van der Waals surface area contributed by atoms with Crippen molar-refractivity contribution in [2.75, 3.05) is 0 Å². The molecule has 4 nitrogen and oxygen atoms in total. The van der Waals surface area contributed by atoms with Crippen LogP contribution < -0.4 is 0 Å². The van der Waals surface area contributed by atoms with Gasteiger partial charge in [-0.05, 0) is 43.0 Å². The highest BCUT2D eigenvalue weighted by Crippen LogP contribution is 2.24. The van der Waals surface area contributed by atoms with Crippen molar-refractivity contribution in [3.05, 3.63) is 46.5 Å². The first kappa shape index (κ1) is 10.8. The van der Waals surface area contributed by atoms with Gasteiger partial charge in [-0.15, -0.1) is 0 Å². The van der Waals surface area contributed by atoms with Crippen LogP contribution in [0.5, 0.6) is 0 Å². The largest absolute Gasteiger partial charge is 0.380 e. The Labute approximate surface area is 94.4 Å². The summed E-state index contributed by atoms with van der Waals surface area (Å²) >= 11 is 0. The number of aromatic amines is 1. The lowest BCUT2D eigenvalue weighted by Crippen LogP contribution is -2.05. The SMILES string of the molecule is Cc1cc(C)c(C(O)c2ncn[nH]2)cc1C. The van der Waals surface area contributed by atoms with Crippen molar-refractivity contribution >= 4 is 0 Å². The molecule has 0 saturated heterocycles. The van der Waals surface area contributed by atoms with Gasteiger partial charge in [-0.1, -0.05) is 12.1 Å². The number of H-pyrrole nitrogens is 1. The average molecular weight is 217 g/mol. The van der Waals surface area contributed by atoms with Crippen molar-refractivity contribution < 1.29 is 5.11 Å². The monoisotopic (exact) mass is 217 g/mol. The first-order valence-corrected chi connectivity index (χ1v) is 5.20. The quantitative estimate of drug-likeness (QED) is 0.806. The highest BCUT2D eigenvalue weighted by atomic mass is 16.3. The zero-order valence-electron chi connectivity index (χ0n) is 9.65. The third-order valence-electron chi connectivity index (χ3n) is 2.87. The van der Waals surface area contributed by atoms with Gasteiger partial charge in [-0.2, -0.15) is 5.10 Å². The number of aliphatic hydroxyl groups excluding tert-OH is 1. The highest BCUT2D eigenvalue weighted by Gasteiger charge is 2.16. The third-order valence-corrected chi connectivity index (χ3v) is 2.87. The summed E-state index contributed by atoms with van der Waals surface area (Å²) in [7, 11) is 0. The molecule has 1 atom stereocenters. The van der Waals surface area contributed by atoms with Gasteiger partial charge in [0.05, 0.1) is 0 Å². The van der Waals surface area contributed by atoms with Crippen molar-refractivity contribution in [2.45, 2.75) is 26.9 Å². The summed E-state index contributed by atoms with van der Waals surface area (Å²) in [6.07, 6.45) is 0.663. The number of aromatic nitrogens is 3. The summed E-state index contributed by atoms with van der Waals surface area (Å²) < 4.78 is 0. The van der Waals surface area contributed by atoms with Crippen LogP contribution in [0.4, 0.5) is 0 Å². The zero-order valence-corrected chi connectivity index (χ0v) is 9.65. The predicted octanol–water partition coefficient (Wildman–Crippen LogP) is 1.81. The molecule has 0 saturated carbocycles. The van der Waals surface area contributed by atoms with E-state index in [9.17, 15) is 5.11 Å². The molecule has 0 aliphatic rings. The molecule has 0 bridgehead atoms. The van der Waals surface area contributed by atoms with Crippen molar-refractivity contribution in [2.24, 2.45) is 0 Å². The van der Waals surface area contributed by atoms with Crippen LogP contribution in [0.1, 0.15) is 34.2 Å². The van der Waals surface area contributed by atoms with Crippen molar-refractivity contribution in [1.29, 1.82) is 0 Å². The lowest BCUT2D eigenvalue weighted by molar-refractivity contribution is 0.209. The topological polar surface area (TPSA) is 61.8 Å². The molecule has 2 N–H and O–H groups in total.